The third kappa shape index (κ3) is 1.92. The van der Waals surface area contributed by atoms with Crippen LogP contribution in [-0.2, 0) is 0 Å². The number of aldehydes is 1. The zero-order valence-corrected chi connectivity index (χ0v) is 8.16. The highest BCUT2D eigenvalue weighted by Gasteiger charge is 1.98. The molecule has 0 aliphatic heterocycles. The summed E-state index contributed by atoms with van der Waals surface area (Å²) in [5.74, 6) is 0.715. The van der Waals surface area contributed by atoms with Gasteiger partial charge in [-0.1, -0.05) is 0 Å². The van der Waals surface area contributed by atoms with Gasteiger partial charge in [0.1, 0.15) is 5.75 Å². The van der Waals surface area contributed by atoms with Gasteiger partial charge in [0, 0.05) is 9.13 Å². The van der Waals surface area contributed by atoms with Crippen LogP contribution in [0.15, 0.2) is 18.2 Å². The van der Waals surface area contributed by atoms with Gasteiger partial charge in [-0.2, -0.15) is 0 Å². The lowest BCUT2D eigenvalue weighted by molar-refractivity contribution is 0.112. The van der Waals surface area contributed by atoms with Crippen LogP contribution >= 0.6 is 22.6 Å². The second kappa shape index (κ2) is 3.71. The van der Waals surface area contributed by atoms with Gasteiger partial charge in [-0.3, -0.25) is 4.79 Å². The van der Waals surface area contributed by atoms with E-state index >= 15 is 0 Å². The molecule has 0 radical (unpaired) electrons. The van der Waals surface area contributed by atoms with Gasteiger partial charge < -0.3 is 4.74 Å². The monoisotopic (exact) mass is 262 g/mol. The topological polar surface area (TPSA) is 26.3 Å². The van der Waals surface area contributed by atoms with Crippen molar-refractivity contribution < 1.29 is 9.53 Å². The van der Waals surface area contributed by atoms with E-state index in [1.54, 1.807) is 13.2 Å². The third-order valence-electron chi connectivity index (χ3n) is 1.33. The van der Waals surface area contributed by atoms with E-state index in [0.717, 1.165) is 9.86 Å². The first-order chi connectivity index (χ1) is 5.27. The molecule has 0 saturated carbocycles. The quantitative estimate of drug-likeness (QED) is 0.602. The molecule has 0 aliphatic rings. The van der Waals surface area contributed by atoms with Crippen LogP contribution in [-0.4, -0.2) is 13.4 Å². The zero-order valence-electron chi connectivity index (χ0n) is 6.00. The predicted molar refractivity (Wildman–Crippen MR) is 51.1 cm³/mol. The molecular formula is C8H7IO2. The average molecular weight is 262 g/mol. The van der Waals surface area contributed by atoms with Crippen molar-refractivity contribution in [3.05, 3.63) is 27.3 Å². The van der Waals surface area contributed by atoms with Crippen LogP contribution in [0.1, 0.15) is 10.4 Å². The minimum Gasteiger partial charge on any atom is -0.497 e. The maximum atomic E-state index is 10.4. The summed E-state index contributed by atoms with van der Waals surface area (Å²) < 4.78 is 5.89. The first kappa shape index (κ1) is 8.52. The number of ether oxygens (including phenoxy) is 1. The lowest BCUT2D eigenvalue weighted by atomic mass is 10.2. The summed E-state index contributed by atoms with van der Waals surface area (Å²) in [6, 6.07) is 5.40. The molecule has 0 atom stereocenters. The van der Waals surface area contributed by atoms with Gasteiger partial charge in [-0.15, -0.1) is 0 Å². The van der Waals surface area contributed by atoms with Crippen LogP contribution < -0.4 is 4.74 Å². The van der Waals surface area contributed by atoms with Crippen molar-refractivity contribution in [2.24, 2.45) is 0 Å². The normalized spacial score (nSPS) is 9.27. The Morgan fingerprint density at radius 2 is 2.27 bits per heavy atom. The van der Waals surface area contributed by atoms with Gasteiger partial charge in [0.05, 0.1) is 7.11 Å². The number of benzene rings is 1. The van der Waals surface area contributed by atoms with E-state index in [4.69, 9.17) is 4.74 Å². The number of carbonyl (C=O) groups is 1. The van der Waals surface area contributed by atoms with E-state index < -0.39 is 0 Å². The highest BCUT2D eigenvalue weighted by molar-refractivity contribution is 14.1. The molecule has 0 amide bonds. The molecule has 0 saturated heterocycles. The van der Waals surface area contributed by atoms with E-state index in [9.17, 15) is 4.79 Å². The maximum absolute atomic E-state index is 10.4. The highest BCUT2D eigenvalue weighted by atomic mass is 127. The molecule has 11 heavy (non-hydrogen) atoms. The Kier molecular flexibility index (Phi) is 2.87. The molecule has 1 rings (SSSR count). The molecule has 0 spiro atoms. The Bertz CT molecular complexity index is 271. The summed E-state index contributed by atoms with van der Waals surface area (Å²) in [5, 5.41) is 0. The van der Waals surface area contributed by atoms with Crippen LogP contribution in [0.5, 0.6) is 5.75 Å². The predicted octanol–water partition coefficient (Wildman–Crippen LogP) is 2.11. The van der Waals surface area contributed by atoms with E-state index in [1.165, 1.54) is 0 Å². The first-order valence-corrected chi connectivity index (χ1v) is 4.14. The first-order valence-electron chi connectivity index (χ1n) is 3.06. The van der Waals surface area contributed by atoms with Crippen LogP contribution in [0.3, 0.4) is 0 Å². The number of carbonyl (C=O) groups excluding carboxylic acids is 1. The fraction of sp³-hybridized carbons (Fsp3) is 0.125. The fourth-order valence-electron chi connectivity index (χ4n) is 0.739. The number of hydrogen-bond donors (Lipinski definition) is 0. The second-order valence-electron chi connectivity index (χ2n) is 2.01. The number of halogens is 1. The van der Waals surface area contributed by atoms with Crippen LogP contribution in [0, 0.1) is 3.57 Å². The molecular weight excluding hydrogens is 255 g/mol. The Labute approximate surface area is 78.7 Å². The Morgan fingerprint density at radius 3 is 2.82 bits per heavy atom. The van der Waals surface area contributed by atoms with Crippen LogP contribution in [0.25, 0.3) is 0 Å². The van der Waals surface area contributed by atoms with Gasteiger partial charge in [-0.25, -0.2) is 0 Å². The van der Waals surface area contributed by atoms with Gasteiger partial charge in [0.25, 0.3) is 0 Å². The third-order valence-corrected chi connectivity index (χ3v) is 2.31. The van der Waals surface area contributed by atoms with Crippen molar-refractivity contribution in [2.75, 3.05) is 7.11 Å². The Balaban J connectivity index is 3.12. The Hall–Kier alpha value is -0.580. The van der Waals surface area contributed by atoms with Crippen molar-refractivity contribution in [2.45, 2.75) is 0 Å². The van der Waals surface area contributed by atoms with E-state index in [0.29, 0.717) is 11.3 Å². The number of methoxy groups -OCH3 is 1. The molecule has 58 valence electrons. The lowest BCUT2D eigenvalue weighted by Gasteiger charge is -2.00. The van der Waals surface area contributed by atoms with Crippen molar-refractivity contribution in [1.82, 2.24) is 0 Å². The van der Waals surface area contributed by atoms with Crippen molar-refractivity contribution in [1.29, 1.82) is 0 Å². The Morgan fingerprint density at radius 1 is 1.55 bits per heavy atom. The molecule has 2 nitrogen and oxygen atoms in total. The fourth-order valence-corrected chi connectivity index (χ4v) is 1.20. The maximum Gasteiger partial charge on any atom is 0.151 e. The molecule has 0 bridgehead atoms. The molecule has 0 aromatic heterocycles. The van der Waals surface area contributed by atoms with Gasteiger partial charge in [0.15, 0.2) is 6.29 Å². The highest BCUT2D eigenvalue weighted by Crippen LogP contribution is 2.17. The smallest absolute Gasteiger partial charge is 0.151 e. The molecule has 1 aromatic rings. The minimum absolute atomic E-state index is 0.671. The minimum atomic E-state index is 0.671. The molecule has 0 N–H and O–H groups in total. The molecule has 1 aromatic carbocycles. The zero-order chi connectivity index (χ0) is 8.27. The molecule has 0 aliphatic carbocycles. The molecule has 0 heterocycles. The average Bonchev–Trinajstić information content (AvgIpc) is 2.05. The van der Waals surface area contributed by atoms with Gasteiger partial charge >= 0.3 is 0 Å². The summed E-state index contributed by atoms with van der Waals surface area (Å²) in [6.45, 7) is 0. The van der Waals surface area contributed by atoms with E-state index in [2.05, 4.69) is 22.6 Å². The van der Waals surface area contributed by atoms with E-state index in [1.807, 2.05) is 12.1 Å². The van der Waals surface area contributed by atoms with Crippen LogP contribution in [0.4, 0.5) is 0 Å². The van der Waals surface area contributed by atoms with Gasteiger partial charge in [-0.05, 0) is 40.8 Å². The van der Waals surface area contributed by atoms with Crippen LogP contribution in [0.2, 0.25) is 0 Å². The summed E-state index contributed by atoms with van der Waals surface area (Å²) in [4.78, 5) is 10.4. The number of rotatable bonds is 2. The summed E-state index contributed by atoms with van der Waals surface area (Å²) in [5.41, 5.74) is 0.671. The largest absolute Gasteiger partial charge is 0.497 e. The van der Waals surface area contributed by atoms with Gasteiger partial charge in [0.2, 0.25) is 0 Å². The summed E-state index contributed by atoms with van der Waals surface area (Å²) >= 11 is 2.11. The van der Waals surface area contributed by atoms with E-state index in [-0.39, 0.29) is 0 Å². The second-order valence-corrected chi connectivity index (χ2v) is 3.17. The van der Waals surface area contributed by atoms with Crippen molar-refractivity contribution in [3.63, 3.8) is 0 Å². The van der Waals surface area contributed by atoms with Crippen molar-refractivity contribution >= 4 is 28.9 Å². The SMILES string of the molecule is COc1ccc(I)c(C=O)c1. The molecule has 0 unspecified atom stereocenters. The number of hydrogen-bond acceptors (Lipinski definition) is 2. The molecule has 3 heteroatoms. The lowest BCUT2D eigenvalue weighted by Crippen LogP contribution is -1.88. The standard InChI is InChI=1S/C8H7IO2/c1-11-7-2-3-8(9)6(4-7)5-10/h2-5H,1H3. The molecule has 0 fully saturated rings. The van der Waals surface area contributed by atoms with Crippen molar-refractivity contribution in [3.8, 4) is 5.75 Å². The summed E-state index contributed by atoms with van der Waals surface area (Å²) in [6.07, 6.45) is 0.824. The summed E-state index contributed by atoms with van der Waals surface area (Å²) in [7, 11) is 1.58.